The second-order valence-corrected chi connectivity index (χ2v) is 5.37. The van der Waals surface area contributed by atoms with Gasteiger partial charge in [-0.2, -0.15) is 9.97 Å². The van der Waals surface area contributed by atoms with Crippen LogP contribution in [0.1, 0.15) is 5.82 Å². The van der Waals surface area contributed by atoms with E-state index >= 15 is 0 Å². The molecule has 0 aliphatic carbocycles. The van der Waals surface area contributed by atoms with Crippen LogP contribution >= 0.6 is 0 Å². The lowest BCUT2D eigenvalue weighted by Crippen LogP contribution is -2.27. The number of hydrogen-bond donors (Lipinski definition) is 2. The summed E-state index contributed by atoms with van der Waals surface area (Å²) in [5, 5.41) is 0. The van der Waals surface area contributed by atoms with Crippen molar-refractivity contribution in [2.45, 2.75) is 6.92 Å². The van der Waals surface area contributed by atoms with Crippen molar-refractivity contribution >= 4 is 11.6 Å². The first-order valence-corrected chi connectivity index (χ1v) is 7.89. The summed E-state index contributed by atoms with van der Waals surface area (Å²) < 4.78 is 11.9. The van der Waals surface area contributed by atoms with Gasteiger partial charge in [0.1, 0.15) is 5.82 Å². The third-order valence-electron chi connectivity index (χ3n) is 3.70. The van der Waals surface area contributed by atoms with Gasteiger partial charge in [0, 0.05) is 6.07 Å². The Morgan fingerprint density at radius 1 is 0.923 bits per heavy atom. The number of para-hydroxylation sites is 1. The predicted octanol–water partition coefficient (Wildman–Crippen LogP) is 2.39. The molecule has 1 aromatic heterocycles. The van der Waals surface area contributed by atoms with Crippen molar-refractivity contribution in [3.63, 3.8) is 0 Å². The highest BCUT2D eigenvalue weighted by atomic mass is 16.5. The highest BCUT2D eigenvalue weighted by Crippen LogP contribution is 2.28. The maximum absolute atomic E-state index is 12.5. The monoisotopic (exact) mass is 353 g/mol. The number of nitrogens with zero attached hydrogens (tertiary/aromatic N) is 3. The summed E-state index contributed by atoms with van der Waals surface area (Å²) >= 11 is 0. The zero-order valence-electron chi connectivity index (χ0n) is 14.7. The average molecular weight is 353 g/mol. The van der Waals surface area contributed by atoms with Crippen LogP contribution < -0.4 is 26.0 Å². The maximum Gasteiger partial charge on any atom is 0.356 e. The molecule has 0 spiro atoms. The van der Waals surface area contributed by atoms with Crippen LogP contribution in [0, 0.1) is 6.92 Å². The van der Waals surface area contributed by atoms with Crippen LogP contribution in [0.3, 0.4) is 0 Å². The quantitative estimate of drug-likeness (QED) is 0.658. The van der Waals surface area contributed by atoms with E-state index in [9.17, 15) is 4.79 Å². The first-order chi connectivity index (χ1) is 12.6. The second-order valence-electron chi connectivity index (χ2n) is 5.37. The lowest BCUT2D eigenvalue weighted by atomic mass is 10.2. The van der Waals surface area contributed by atoms with Crippen LogP contribution in [-0.2, 0) is 0 Å². The molecule has 0 unspecified atom stereocenters. The number of ether oxygens (including phenoxy) is 2. The number of hydrogen-bond acceptors (Lipinski definition) is 7. The molecule has 3 aromatic rings. The van der Waals surface area contributed by atoms with Crippen molar-refractivity contribution in [2.24, 2.45) is 0 Å². The molecular formula is C18H19N5O3. The largest absolute Gasteiger partial charge is 0.493 e. The Morgan fingerprint density at radius 3 is 2.31 bits per heavy atom. The van der Waals surface area contributed by atoms with Crippen LogP contribution in [-0.4, -0.2) is 28.8 Å². The topological polar surface area (TPSA) is 90.3 Å². The van der Waals surface area contributed by atoms with Crippen LogP contribution in [0.15, 0.2) is 53.3 Å². The Balaban J connectivity index is 1.89. The van der Waals surface area contributed by atoms with E-state index in [2.05, 4.69) is 20.8 Å². The first-order valence-electron chi connectivity index (χ1n) is 7.89. The van der Waals surface area contributed by atoms with Crippen LogP contribution in [0.4, 0.5) is 11.6 Å². The van der Waals surface area contributed by atoms with Crippen LogP contribution in [0.25, 0.3) is 5.69 Å². The maximum atomic E-state index is 12.5. The molecule has 8 heteroatoms. The van der Waals surface area contributed by atoms with Crippen molar-refractivity contribution in [1.82, 2.24) is 14.5 Å². The molecule has 1 heterocycles. The van der Waals surface area contributed by atoms with Crippen molar-refractivity contribution < 1.29 is 9.47 Å². The summed E-state index contributed by atoms with van der Waals surface area (Å²) in [5.74, 6) is 1.76. The second kappa shape index (κ2) is 7.56. The lowest BCUT2D eigenvalue weighted by molar-refractivity contribution is 0.355. The molecule has 0 saturated heterocycles. The fraction of sp³-hybridized carbons (Fsp3) is 0.167. The minimum Gasteiger partial charge on any atom is -0.493 e. The molecule has 0 atom stereocenters. The third-order valence-corrected chi connectivity index (χ3v) is 3.70. The molecule has 2 N–H and O–H groups in total. The van der Waals surface area contributed by atoms with Gasteiger partial charge in [0.25, 0.3) is 0 Å². The van der Waals surface area contributed by atoms with Crippen molar-refractivity contribution in [2.75, 3.05) is 25.1 Å². The normalized spacial score (nSPS) is 10.3. The molecule has 0 aliphatic heterocycles. The number of hydrazine groups is 1. The fourth-order valence-electron chi connectivity index (χ4n) is 2.47. The Morgan fingerprint density at radius 2 is 1.65 bits per heavy atom. The standard InChI is InChI=1S/C18H19N5O3/c1-12-19-17(22-21-13-7-5-4-6-8-13)20-18(24)23(12)14-9-10-15(25-2)16(11-14)26-3/h4-11,21H,1-3H3,(H,20,22,24). The number of methoxy groups -OCH3 is 2. The Labute approximate surface area is 150 Å². The van der Waals surface area contributed by atoms with Crippen molar-refractivity contribution in [3.8, 4) is 17.2 Å². The van der Waals surface area contributed by atoms with Crippen LogP contribution in [0.5, 0.6) is 11.5 Å². The summed E-state index contributed by atoms with van der Waals surface area (Å²) in [6.07, 6.45) is 0. The Kier molecular flexibility index (Phi) is 5.02. The number of nitrogens with one attached hydrogen (secondary N) is 2. The Hall–Kier alpha value is -3.55. The molecule has 26 heavy (non-hydrogen) atoms. The predicted molar refractivity (Wildman–Crippen MR) is 99.2 cm³/mol. The smallest absolute Gasteiger partial charge is 0.356 e. The summed E-state index contributed by atoms with van der Waals surface area (Å²) in [6.45, 7) is 1.73. The number of aryl methyl sites for hydroxylation is 1. The van der Waals surface area contributed by atoms with Gasteiger partial charge in [0.05, 0.1) is 25.6 Å². The zero-order valence-corrected chi connectivity index (χ0v) is 14.7. The zero-order chi connectivity index (χ0) is 18.5. The van der Waals surface area contributed by atoms with Gasteiger partial charge in [-0.3, -0.25) is 10.9 Å². The van der Waals surface area contributed by atoms with Gasteiger partial charge in [0.2, 0.25) is 5.95 Å². The molecule has 0 bridgehead atoms. The lowest BCUT2D eigenvalue weighted by Gasteiger charge is -2.14. The number of benzene rings is 2. The van der Waals surface area contributed by atoms with Gasteiger partial charge in [-0.1, -0.05) is 18.2 Å². The molecule has 3 rings (SSSR count). The van der Waals surface area contributed by atoms with Gasteiger partial charge >= 0.3 is 5.69 Å². The number of rotatable bonds is 6. The minimum atomic E-state index is -0.456. The first kappa shape index (κ1) is 17.3. The van der Waals surface area contributed by atoms with Gasteiger partial charge < -0.3 is 9.47 Å². The summed E-state index contributed by atoms with van der Waals surface area (Å²) in [6, 6.07) is 14.6. The summed E-state index contributed by atoms with van der Waals surface area (Å²) in [4.78, 5) is 20.8. The van der Waals surface area contributed by atoms with Crippen molar-refractivity contribution in [1.29, 1.82) is 0 Å². The third kappa shape index (κ3) is 3.59. The van der Waals surface area contributed by atoms with E-state index in [0.29, 0.717) is 23.0 Å². The van der Waals surface area contributed by atoms with E-state index in [-0.39, 0.29) is 5.95 Å². The highest BCUT2D eigenvalue weighted by molar-refractivity contribution is 5.50. The van der Waals surface area contributed by atoms with Gasteiger partial charge in [-0.15, -0.1) is 0 Å². The highest BCUT2D eigenvalue weighted by Gasteiger charge is 2.12. The molecule has 8 nitrogen and oxygen atoms in total. The van der Waals surface area contributed by atoms with Gasteiger partial charge in [-0.05, 0) is 31.2 Å². The molecular weight excluding hydrogens is 334 g/mol. The molecule has 134 valence electrons. The van der Waals surface area contributed by atoms with E-state index < -0.39 is 5.69 Å². The SMILES string of the molecule is COc1ccc(-n2c(C)nc(NNc3ccccc3)nc2=O)cc1OC. The fourth-order valence-corrected chi connectivity index (χ4v) is 2.47. The average Bonchev–Trinajstić information content (AvgIpc) is 2.66. The van der Waals surface area contributed by atoms with Gasteiger partial charge in [0.15, 0.2) is 11.5 Å². The van der Waals surface area contributed by atoms with E-state index in [1.165, 1.54) is 11.7 Å². The number of anilines is 2. The van der Waals surface area contributed by atoms with Gasteiger partial charge in [-0.25, -0.2) is 9.36 Å². The molecule has 0 aliphatic rings. The molecule has 0 saturated carbocycles. The van der Waals surface area contributed by atoms with E-state index in [0.717, 1.165) is 5.69 Å². The van der Waals surface area contributed by atoms with Crippen molar-refractivity contribution in [3.05, 3.63) is 64.8 Å². The van der Waals surface area contributed by atoms with E-state index in [4.69, 9.17) is 9.47 Å². The molecule has 0 radical (unpaired) electrons. The Bertz CT molecular complexity index is 957. The minimum absolute atomic E-state index is 0.188. The summed E-state index contributed by atoms with van der Waals surface area (Å²) in [7, 11) is 3.09. The molecule has 0 fully saturated rings. The summed E-state index contributed by atoms with van der Waals surface area (Å²) in [5.41, 5.74) is 6.75. The number of aromatic nitrogens is 3. The molecule has 2 aromatic carbocycles. The molecule has 0 amide bonds. The van der Waals surface area contributed by atoms with Crippen LogP contribution in [0.2, 0.25) is 0 Å². The van der Waals surface area contributed by atoms with E-state index in [1.54, 1.807) is 32.2 Å². The van der Waals surface area contributed by atoms with E-state index in [1.807, 2.05) is 30.3 Å².